The molecule has 0 spiro atoms. The van der Waals surface area contributed by atoms with Crippen LogP contribution in [0.5, 0.6) is 0 Å². The van der Waals surface area contributed by atoms with Gasteiger partial charge in [0, 0.05) is 25.7 Å². The fourth-order valence-electron chi connectivity index (χ4n) is 0.981. The molecule has 0 heterocycles. The number of nitrogens with two attached hydrogens (primary N) is 1. The van der Waals surface area contributed by atoms with Gasteiger partial charge in [-0.2, -0.15) is 0 Å². The summed E-state index contributed by atoms with van der Waals surface area (Å²) < 4.78 is 21.1. The number of nitrogen functional groups attached to an aromatic ring is 1. The Labute approximate surface area is 89.2 Å². The lowest BCUT2D eigenvalue weighted by atomic mass is 10.2. The second kappa shape index (κ2) is 5.12. The molecule has 1 aromatic rings. The minimum absolute atomic E-state index is 0.689. The fraction of sp³-hybridized carbons (Fsp3) is 0.200. The van der Waals surface area contributed by atoms with Gasteiger partial charge in [0.2, 0.25) is 0 Å². The smallest absolute Gasteiger partial charge is 0.353 e. The van der Waals surface area contributed by atoms with Gasteiger partial charge in [0.05, 0.1) is 0 Å². The van der Waals surface area contributed by atoms with Crippen molar-refractivity contribution >= 4 is 19.4 Å². The van der Waals surface area contributed by atoms with Gasteiger partial charge in [0.25, 0.3) is 0 Å². The number of benzene rings is 1. The van der Waals surface area contributed by atoms with E-state index < -0.39 is 7.60 Å². The molecule has 0 saturated carbocycles. The summed E-state index contributed by atoms with van der Waals surface area (Å²) in [5.74, 6) is 1.42. The summed E-state index contributed by atoms with van der Waals surface area (Å²) >= 11 is 0. The van der Waals surface area contributed by atoms with E-state index in [0.717, 1.165) is 5.56 Å². The molecule has 0 aromatic heterocycles. The first kappa shape index (κ1) is 12.0. The van der Waals surface area contributed by atoms with Crippen LogP contribution in [-0.2, 0) is 13.6 Å². The Morgan fingerprint density at radius 3 is 2.20 bits per heavy atom. The van der Waals surface area contributed by atoms with Gasteiger partial charge in [0.15, 0.2) is 0 Å². The van der Waals surface area contributed by atoms with E-state index in [1.54, 1.807) is 18.2 Å². The molecule has 0 bridgehead atoms. The molecular formula is C10H14NO3P. The summed E-state index contributed by atoms with van der Waals surface area (Å²) in [6.45, 7) is 0. The Morgan fingerprint density at radius 1 is 1.20 bits per heavy atom. The van der Waals surface area contributed by atoms with Crippen LogP contribution in [0.25, 0.3) is 6.08 Å². The summed E-state index contributed by atoms with van der Waals surface area (Å²) in [6.07, 6.45) is 1.67. The molecule has 0 radical (unpaired) electrons. The van der Waals surface area contributed by atoms with Gasteiger partial charge in [0.1, 0.15) is 0 Å². The van der Waals surface area contributed by atoms with Crippen LogP contribution in [0.4, 0.5) is 5.69 Å². The van der Waals surface area contributed by atoms with E-state index in [-0.39, 0.29) is 0 Å². The Balaban J connectivity index is 2.81. The maximum absolute atomic E-state index is 11.6. The van der Waals surface area contributed by atoms with Crippen LogP contribution >= 0.6 is 7.60 Å². The molecule has 82 valence electrons. The van der Waals surface area contributed by atoms with Crippen LogP contribution in [0.15, 0.2) is 30.1 Å². The maximum Gasteiger partial charge on any atom is 0.353 e. The molecule has 0 amide bonds. The van der Waals surface area contributed by atoms with Crippen LogP contribution in [0.2, 0.25) is 0 Å². The molecule has 15 heavy (non-hydrogen) atoms. The number of hydrogen-bond acceptors (Lipinski definition) is 4. The van der Waals surface area contributed by atoms with Crippen molar-refractivity contribution in [3.63, 3.8) is 0 Å². The van der Waals surface area contributed by atoms with E-state index in [4.69, 9.17) is 14.8 Å². The van der Waals surface area contributed by atoms with Crippen molar-refractivity contribution in [2.75, 3.05) is 20.0 Å². The SMILES string of the molecule is COP(=O)(/C=C/c1ccc(N)cc1)OC. The zero-order valence-corrected chi connectivity index (χ0v) is 9.61. The molecule has 5 heteroatoms. The Hall–Kier alpha value is -1.09. The third kappa shape index (κ3) is 3.51. The highest BCUT2D eigenvalue weighted by Gasteiger charge is 2.15. The first-order chi connectivity index (χ1) is 7.09. The van der Waals surface area contributed by atoms with E-state index in [2.05, 4.69) is 0 Å². The van der Waals surface area contributed by atoms with Crippen molar-refractivity contribution in [3.05, 3.63) is 35.6 Å². The minimum Gasteiger partial charge on any atom is -0.399 e. The van der Waals surface area contributed by atoms with E-state index in [1.807, 2.05) is 12.1 Å². The van der Waals surface area contributed by atoms with Crippen molar-refractivity contribution in [3.8, 4) is 0 Å². The van der Waals surface area contributed by atoms with Crippen molar-refractivity contribution in [1.29, 1.82) is 0 Å². The maximum atomic E-state index is 11.6. The summed E-state index contributed by atoms with van der Waals surface area (Å²) in [6, 6.07) is 7.18. The van der Waals surface area contributed by atoms with E-state index in [9.17, 15) is 4.57 Å². The predicted octanol–water partition coefficient (Wildman–Crippen LogP) is 2.73. The highest BCUT2D eigenvalue weighted by molar-refractivity contribution is 7.57. The predicted molar refractivity (Wildman–Crippen MR) is 61.5 cm³/mol. The standard InChI is InChI=1S/C10H14NO3P/c1-13-15(12,14-2)8-7-9-3-5-10(11)6-4-9/h3-8H,11H2,1-2H3/b8-7+. The summed E-state index contributed by atoms with van der Waals surface area (Å²) in [4.78, 5) is 0. The molecule has 0 aliphatic rings. The third-order valence-corrected chi connectivity index (χ3v) is 3.43. The van der Waals surface area contributed by atoms with Gasteiger partial charge >= 0.3 is 7.60 Å². The molecule has 0 atom stereocenters. The third-order valence-electron chi connectivity index (χ3n) is 1.89. The second-order valence-electron chi connectivity index (χ2n) is 2.89. The lowest BCUT2D eigenvalue weighted by Crippen LogP contribution is -1.84. The van der Waals surface area contributed by atoms with Gasteiger partial charge in [-0.1, -0.05) is 12.1 Å². The van der Waals surface area contributed by atoms with Crippen molar-refractivity contribution < 1.29 is 13.6 Å². The Kier molecular flexibility index (Phi) is 4.09. The lowest BCUT2D eigenvalue weighted by Gasteiger charge is -2.07. The zero-order valence-electron chi connectivity index (χ0n) is 8.71. The molecule has 1 rings (SSSR count). The molecule has 0 saturated heterocycles. The fourth-order valence-corrected chi connectivity index (χ4v) is 1.73. The zero-order chi connectivity index (χ0) is 11.3. The largest absolute Gasteiger partial charge is 0.399 e. The van der Waals surface area contributed by atoms with Gasteiger partial charge in [-0.25, -0.2) is 0 Å². The van der Waals surface area contributed by atoms with Crippen LogP contribution in [0.1, 0.15) is 5.56 Å². The summed E-state index contributed by atoms with van der Waals surface area (Å²) in [7, 11) is -0.381. The first-order valence-electron chi connectivity index (χ1n) is 4.35. The minimum atomic E-state index is -3.07. The van der Waals surface area contributed by atoms with Gasteiger partial charge in [-0.3, -0.25) is 4.57 Å². The quantitative estimate of drug-likeness (QED) is 0.634. The molecule has 4 nitrogen and oxygen atoms in total. The summed E-state index contributed by atoms with van der Waals surface area (Å²) in [5, 5.41) is 0. The molecule has 0 aliphatic carbocycles. The van der Waals surface area contributed by atoms with Gasteiger partial charge in [-0.15, -0.1) is 0 Å². The van der Waals surface area contributed by atoms with Crippen molar-refractivity contribution in [2.24, 2.45) is 0 Å². The monoisotopic (exact) mass is 227 g/mol. The molecular weight excluding hydrogens is 213 g/mol. The van der Waals surface area contributed by atoms with Crippen LogP contribution in [-0.4, -0.2) is 14.2 Å². The number of hydrogen-bond donors (Lipinski definition) is 1. The van der Waals surface area contributed by atoms with Crippen LogP contribution < -0.4 is 5.73 Å². The molecule has 0 fully saturated rings. The molecule has 0 aliphatic heterocycles. The average molecular weight is 227 g/mol. The van der Waals surface area contributed by atoms with E-state index in [1.165, 1.54) is 20.0 Å². The average Bonchev–Trinajstić information content (AvgIpc) is 2.28. The Morgan fingerprint density at radius 2 is 1.73 bits per heavy atom. The topological polar surface area (TPSA) is 61.5 Å². The lowest BCUT2D eigenvalue weighted by molar-refractivity contribution is 0.286. The highest BCUT2D eigenvalue weighted by atomic mass is 31.2. The molecule has 2 N–H and O–H groups in total. The summed E-state index contributed by atoms with van der Waals surface area (Å²) in [5.41, 5.74) is 7.11. The van der Waals surface area contributed by atoms with Crippen molar-refractivity contribution in [2.45, 2.75) is 0 Å². The number of anilines is 1. The highest BCUT2D eigenvalue weighted by Crippen LogP contribution is 2.48. The number of rotatable bonds is 4. The molecule has 1 aromatic carbocycles. The second-order valence-corrected chi connectivity index (χ2v) is 5.00. The normalized spacial score (nSPS) is 12.1. The van der Waals surface area contributed by atoms with Gasteiger partial charge in [-0.05, 0) is 23.8 Å². The van der Waals surface area contributed by atoms with Crippen molar-refractivity contribution in [1.82, 2.24) is 0 Å². The first-order valence-corrected chi connectivity index (χ1v) is 5.97. The Bertz CT molecular complexity index is 378. The van der Waals surface area contributed by atoms with E-state index >= 15 is 0 Å². The van der Waals surface area contributed by atoms with Crippen LogP contribution in [0, 0.1) is 0 Å². The van der Waals surface area contributed by atoms with Gasteiger partial charge < -0.3 is 14.8 Å². The molecule has 0 unspecified atom stereocenters. The van der Waals surface area contributed by atoms with Crippen LogP contribution in [0.3, 0.4) is 0 Å². The van der Waals surface area contributed by atoms with E-state index in [0.29, 0.717) is 5.69 Å².